The molecule has 3 heterocycles. The number of aliphatic hydroxyl groups is 1. The van der Waals surface area contributed by atoms with Crippen LogP contribution in [-0.4, -0.2) is 68.7 Å². The summed E-state index contributed by atoms with van der Waals surface area (Å²) >= 11 is 0. The molecule has 3 aliphatic heterocycles. The first-order chi connectivity index (χ1) is 16.8. The summed E-state index contributed by atoms with van der Waals surface area (Å²) in [6, 6.07) is 8.24. The van der Waals surface area contributed by atoms with Gasteiger partial charge in [-0.05, 0) is 49.9 Å². The quantitative estimate of drug-likeness (QED) is 0.528. The lowest BCUT2D eigenvalue weighted by Gasteiger charge is -2.77. The number of fused-ring (bicyclic) bond motifs is 4. The molecule has 3 fully saturated rings. The van der Waals surface area contributed by atoms with Gasteiger partial charge in [-0.25, -0.2) is 0 Å². The fourth-order valence-corrected chi connectivity index (χ4v) is 8.25. The van der Waals surface area contributed by atoms with E-state index in [-0.39, 0.29) is 29.5 Å². The SMILES string of the molecule is C=CCN1CC2[C@@H]1[C@]1(O)CC[C@@H](N3C(=O)c4cccc(C)c4C3=O)[C@@H]3Oc4c(O)ccc(C)c4[C@@]231. The zero-order valence-corrected chi connectivity index (χ0v) is 19.8. The van der Waals surface area contributed by atoms with Crippen LogP contribution < -0.4 is 4.74 Å². The van der Waals surface area contributed by atoms with Crippen LogP contribution in [0.25, 0.3) is 0 Å². The van der Waals surface area contributed by atoms with Gasteiger partial charge in [0.15, 0.2) is 11.5 Å². The number of nitrogens with zero attached hydrogens (tertiary/aromatic N) is 2. The number of carbonyl (C=O) groups excluding carboxylic acids is 2. The van der Waals surface area contributed by atoms with Crippen molar-refractivity contribution in [1.29, 1.82) is 0 Å². The summed E-state index contributed by atoms with van der Waals surface area (Å²) in [5.41, 5.74) is 1.55. The van der Waals surface area contributed by atoms with Gasteiger partial charge in [0, 0.05) is 30.6 Å². The Bertz CT molecular complexity index is 1350. The third kappa shape index (κ3) is 2.13. The van der Waals surface area contributed by atoms with Gasteiger partial charge in [-0.2, -0.15) is 0 Å². The Balaban J connectivity index is 1.38. The number of benzene rings is 2. The molecule has 0 aromatic heterocycles. The van der Waals surface area contributed by atoms with Crippen LogP contribution in [0.3, 0.4) is 0 Å². The Kier molecular flexibility index (Phi) is 3.95. The maximum absolute atomic E-state index is 13.6. The number of carbonyl (C=O) groups is 2. The summed E-state index contributed by atoms with van der Waals surface area (Å²) in [5.74, 6) is -0.100. The van der Waals surface area contributed by atoms with E-state index >= 15 is 0 Å². The molecule has 1 spiro atoms. The highest BCUT2D eigenvalue weighted by atomic mass is 16.5. The summed E-state index contributed by atoms with van der Waals surface area (Å²) in [5, 5.41) is 23.1. The first-order valence-corrected chi connectivity index (χ1v) is 12.3. The van der Waals surface area contributed by atoms with Crippen molar-refractivity contribution in [2.75, 3.05) is 13.1 Å². The van der Waals surface area contributed by atoms with E-state index in [9.17, 15) is 19.8 Å². The van der Waals surface area contributed by atoms with Crippen molar-refractivity contribution in [2.24, 2.45) is 5.92 Å². The molecule has 2 aliphatic carbocycles. The predicted octanol–water partition coefficient (Wildman–Crippen LogP) is 2.70. The Hall–Kier alpha value is -3.16. The Morgan fingerprint density at radius 3 is 2.71 bits per heavy atom. The highest BCUT2D eigenvalue weighted by Gasteiger charge is 2.85. The second-order valence-electron chi connectivity index (χ2n) is 10.8. The lowest BCUT2D eigenvalue weighted by atomic mass is 9.35. The molecule has 5 aliphatic rings. The van der Waals surface area contributed by atoms with Gasteiger partial charge in [0.05, 0.1) is 28.2 Å². The molecule has 1 saturated heterocycles. The molecular weight excluding hydrogens is 444 g/mol. The van der Waals surface area contributed by atoms with Gasteiger partial charge in [-0.3, -0.25) is 19.4 Å². The van der Waals surface area contributed by atoms with Crippen LogP contribution in [0.1, 0.15) is 50.2 Å². The largest absolute Gasteiger partial charge is 0.504 e. The number of ether oxygens (including phenoxy) is 1. The van der Waals surface area contributed by atoms with Gasteiger partial charge >= 0.3 is 0 Å². The van der Waals surface area contributed by atoms with Crippen LogP contribution in [0.2, 0.25) is 0 Å². The second kappa shape index (κ2) is 6.53. The van der Waals surface area contributed by atoms with E-state index < -0.39 is 23.2 Å². The average Bonchev–Trinajstić information content (AvgIpc) is 3.31. The summed E-state index contributed by atoms with van der Waals surface area (Å²) < 4.78 is 6.52. The molecule has 180 valence electrons. The van der Waals surface area contributed by atoms with E-state index in [0.717, 1.165) is 23.2 Å². The smallest absolute Gasteiger partial charge is 0.262 e. The molecule has 1 unspecified atom stereocenters. The van der Waals surface area contributed by atoms with Crippen molar-refractivity contribution < 1.29 is 24.5 Å². The Morgan fingerprint density at radius 1 is 1.17 bits per heavy atom. The number of hydrogen-bond donors (Lipinski definition) is 2. The number of hydrogen-bond acceptors (Lipinski definition) is 6. The minimum Gasteiger partial charge on any atom is -0.504 e. The lowest BCUT2D eigenvalue weighted by molar-refractivity contribution is -0.318. The Morgan fingerprint density at radius 2 is 1.97 bits per heavy atom. The molecule has 35 heavy (non-hydrogen) atoms. The molecule has 0 radical (unpaired) electrons. The molecule has 2 amide bonds. The minimum atomic E-state index is -1.08. The fourth-order valence-electron chi connectivity index (χ4n) is 8.25. The summed E-state index contributed by atoms with van der Waals surface area (Å²) in [6.45, 7) is 9.14. The third-order valence-electron chi connectivity index (χ3n) is 9.47. The number of aryl methyl sites for hydroxylation is 2. The van der Waals surface area contributed by atoms with Gasteiger partial charge in [0.2, 0.25) is 0 Å². The van der Waals surface area contributed by atoms with Crippen LogP contribution in [0.15, 0.2) is 43.0 Å². The zero-order chi connectivity index (χ0) is 24.4. The topological polar surface area (TPSA) is 90.3 Å². The monoisotopic (exact) mass is 472 g/mol. The van der Waals surface area contributed by atoms with Crippen molar-refractivity contribution in [2.45, 2.75) is 55.9 Å². The number of likely N-dealkylation sites (tertiary alicyclic amines) is 1. The summed E-state index contributed by atoms with van der Waals surface area (Å²) in [6.07, 6.45) is 2.10. The number of piperidine rings is 1. The van der Waals surface area contributed by atoms with Crippen LogP contribution in [0, 0.1) is 19.8 Å². The number of imide groups is 1. The van der Waals surface area contributed by atoms with Crippen molar-refractivity contribution in [3.05, 3.63) is 70.8 Å². The first kappa shape index (κ1) is 21.1. The Labute approximate surface area is 203 Å². The number of phenolic OH excluding ortho intramolecular Hbond substituents is 1. The molecular formula is C28H28N2O5. The molecule has 2 saturated carbocycles. The van der Waals surface area contributed by atoms with E-state index in [4.69, 9.17) is 4.74 Å². The first-order valence-electron chi connectivity index (χ1n) is 12.3. The molecule has 2 N–H and O–H groups in total. The van der Waals surface area contributed by atoms with E-state index in [0.29, 0.717) is 36.3 Å². The van der Waals surface area contributed by atoms with E-state index in [2.05, 4.69) is 11.5 Å². The molecule has 0 bridgehead atoms. The van der Waals surface area contributed by atoms with E-state index in [1.54, 1.807) is 18.2 Å². The highest BCUT2D eigenvalue weighted by Crippen LogP contribution is 2.73. The van der Waals surface area contributed by atoms with Crippen LogP contribution in [0.5, 0.6) is 11.5 Å². The third-order valence-corrected chi connectivity index (χ3v) is 9.47. The predicted molar refractivity (Wildman–Crippen MR) is 128 cm³/mol. The van der Waals surface area contributed by atoms with Crippen molar-refractivity contribution in [3.63, 3.8) is 0 Å². The van der Waals surface area contributed by atoms with Gasteiger partial charge in [-0.1, -0.05) is 24.3 Å². The molecule has 7 rings (SSSR count). The molecule has 7 heteroatoms. The van der Waals surface area contributed by atoms with E-state index in [1.807, 2.05) is 32.1 Å². The minimum absolute atomic E-state index is 0.0272. The van der Waals surface area contributed by atoms with Gasteiger partial charge < -0.3 is 14.9 Å². The molecule has 7 nitrogen and oxygen atoms in total. The van der Waals surface area contributed by atoms with Gasteiger partial charge in [0.25, 0.3) is 11.8 Å². The van der Waals surface area contributed by atoms with Crippen molar-refractivity contribution >= 4 is 11.8 Å². The zero-order valence-electron chi connectivity index (χ0n) is 19.8. The number of amides is 2. The van der Waals surface area contributed by atoms with E-state index in [1.165, 1.54) is 4.90 Å². The van der Waals surface area contributed by atoms with Crippen molar-refractivity contribution in [3.8, 4) is 11.5 Å². The second-order valence-corrected chi connectivity index (χ2v) is 10.8. The van der Waals surface area contributed by atoms with Crippen LogP contribution in [0.4, 0.5) is 0 Å². The molecule has 2 aromatic carbocycles. The van der Waals surface area contributed by atoms with Crippen LogP contribution >= 0.6 is 0 Å². The fraction of sp³-hybridized carbons (Fsp3) is 0.429. The van der Waals surface area contributed by atoms with Gasteiger partial charge in [-0.15, -0.1) is 6.58 Å². The summed E-state index contributed by atoms with van der Waals surface area (Å²) in [7, 11) is 0. The number of phenols is 1. The standard InChI is InChI=1S/C28H28N2O5/c1-4-12-29-13-17-23(29)27(34)11-10-18(30-25(32)16-7-5-6-14(2)20(16)26(30)33)24-28(17,27)21-15(3)8-9-19(31)22(21)35-24/h4-9,17-18,23-24,31,34H,1,10-13H2,2-3H3/t17?,18-,23-,24+,27-,28+/m1/s1. The lowest BCUT2D eigenvalue weighted by Crippen LogP contribution is -2.92. The summed E-state index contributed by atoms with van der Waals surface area (Å²) in [4.78, 5) is 30.8. The average molecular weight is 473 g/mol. The number of rotatable bonds is 3. The van der Waals surface area contributed by atoms with Crippen molar-refractivity contribution in [1.82, 2.24) is 9.80 Å². The van der Waals surface area contributed by atoms with Gasteiger partial charge in [0.1, 0.15) is 6.10 Å². The normalized spacial score (nSPS) is 36.3. The maximum Gasteiger partial charge on any atom is 0.262 e. The molecule has 2 aromatic rings. The highest BCUT2D eigenvalue weighted by molar-refractivity contribution is 6.22. The number of aromatic hydroxyl groups is 1. The maximum atomic E-state index is 13.6. The van der Waals surface area contributed by atoms with Crippen LogP contribution in [-0.2, 0) is 5.41 Å². The molecule has 6 atom stereocenters.